The van der Waals surface area contributed by atoms with Crippen LogP contribution in [0.5, 0.6) is 11.5 Å². The molecule has 0 unspecified atom stereocenters. The molecule has 0 bridgehead atoms. The Morgan fingerprint density at radius 1 is 1.38 bits per heavy atom. The second kappa shape index (κ2) is 4.53. The van der Waals surface area contributed by atoms with Gasteiger partial charge in [0.05, 0.1) is 19.3 Å². The molecular weight excluding hydrogens is 276 g/mol. The average Bonchev–Trinajstić information content (AvgIpc) is 2.48. The molecule has 110 valence electrons. The van der Waals surface area contributed by atoms with Gasteiger partial charge in [0.1, 0.15) is 11.3 Å². The highest BCUT2D eigenvalue weighted by Gasteiger charge is 2.37. The Balaban J connectivity index is 2.38. The lowest BCUT2D eigenvalue weighted by Gasteiger charge is -2.33. The predicted molar refractivity (Wildman–Crippen MR) is 75.8 cm³/mol. The van der Waals surface area contributed by atoms with Crippen LogP contribution in [0.25, 0.3) is 17.0 Å². The van der Waals surface area contributed by atoms with Crippen LogP contribution in [-0.4, -0.2) is 29.5 Å². The number of hydrogen-bond donors (Lipinski definition) is 2. The van der Waals surface area contributed by atoms with E-state index >= 15 is 0 Å². The molecule has 1 aliphatic heterocycles. The van der Waals surface area contributed by atoms with Crippen molar-refractivity contribution in [1.82, 2.24) is 0 Å². The number of ether oxygens (including phenoxy) is 2. The molecule has 1 aliphatic rings. The molecule has 6 heteroatoms. The molecular formula is C15H14O6. The molecule has 0 radical (unpaired) electrons. The lowest BCUT2D eigenvalue weighted by atomic mass is 9.97. The summed E-state index contributed by atoms with van der Waals surface area (Å²) in [6, 6.07) is 4.58. The van der Waals surface area contributed by atoms with E-state index in [0.29, 0.717) is 28.0 Å². The van der Waals surface area contributed by atoms with Gasteiger partial charge >= 0.3 is 5.63 Å². The van der Waals surface area contributed by atoms with Crippen molar-refractivity contribution in [3.05, 3.63) is 39.9 Å². The van der Waals surface area contributed by atoms with Gasteiger partial charge in [-0.25, -0.2) is 4.79 Å². The maximum Gasteiger partial charge on any atom is 0.336 e. The first-order chi connectivity index (χ1) is 9.98. The second-order valence-electron chi connectivity index (χ2n) is 5.02. The first-order valence-corrected chi connectivity index (χ1v) is 6.34. The van der Waals surface area contributed by atoms with Crippen molar-refractivity contribution in [2.45, 2.75) is 12.5 Å². The Morgan fingerprint density at radius 3 is 2.81 bits per heavy atom. The van der Waals surface area contributed by atoms with E-state index in [9.17, 15) is 15.0 Å². The van der Waals surface area contributed by atoms with Gasteiger partial charge in [-0.1, -0.05) is 0 Å². The highest BCUT2D eigenvalue weighted by Crippen LogP contribution is 2.44. The van der Waals surface area contributed by atoms with Gasteiger partial charge in [0, 0.05) is 11.5 Å². The van der Waals surface area contributed by atoms with E-state index in [1.807, 2.05) is 0 Å². The number of fused-ring (bicyclic) bond motifs is 3. The third-order valence-corrected chi connectivity index (χ3v) is 3.54. The third kappa shape index (κ3) is 1.95. The standard InChI is InChI=1S/C15H14O6/c1-15(7-16)11(17)6-9-13-8(3-4-12(18)20-13)5-10(19-2)14(9)21-15/h3-6,16-17H,7H2,1-2H3/t15-/m1/s1. The number of methoxy groups -OCH3 is 1. The van der Waals surface area contributed by atoms with Gasteiger partial charge in [0.15, 0.2) is 17.1 Å². The van der Waals surface area contributed by atoms with Crippen molar-refractivity contribution in [3.63, 3.8) is 0 Å². The smallest absolute Gasteiger partial charge is 0.336 e. The summed E-state index contributed by atoms with van der Waals surface area (Å²) in [4.78, 5) is 11.4. The van der Waals surface area contributed by atoms with Gasteiger partial charge in [-0.15, -0.1) is 0 Å². The summed E-state index contributed by atoms with van der Waals surface area (Å²) in [5, 5.41) is 20.2. The zero-order valence-corrected chi connectivity index (χ0v) is 11.5. The van der Waals surface area contributed by atoms with E-state index in [1.165, 1.54) is 19.3 Å². The molecule has 0 saturated heterocycles. The van der Waals surface area contributed by atoms with Gasteiger partial charge in [-0.2, -0.15) is 0 Å². The van der Waals surface area contributed by atoms with Crippen LogP contribution in [0, 0.1) is 0 Å². The summed E-state index contributed by atoms with van der Waals surface area (Å²) in [5.41, 5.74) is -1.06. The summed E-state index contributed by atoms with van der Waals surface area (Å²) < 4.78 is 16.2. The normalized spacial score (nSPS) is 20.6. The van der Waals surface area contributed by atoms with Crippen LogP contribution in [0.3, 0.4) is 0 Å². The molecule has 2 N–H and O–H groups in total. The van der Waals surface area contributed by atoms with E-state index in [0.717, 1.165) is 0 Å². The highest BCUT2D eigenvalue weighted by molar-refractivity contribution is 5.91. The minimum absolute atomic E-state index is 0.154. The Labute approximate surface area is 119 Å². The fourth-order valence-corrected chi connectivity index (χ4v) is 2.26. The Bertz CT molecular complexity index is 804. The molecule has 21 heavy (non-hydrogen) atoms. The maximum atomic E-state index is 11.4. The molecule has 0 amide bonds. The number of aliphatic hydroxyl groups is 2. The molecule has 3 rings (SSSR count). The van der Waals surface area contributed by atoms with Crippen LogP contribution in [-0.2, 0) is 0 Å². The maximum absolute atomic E-state index is 11.4. The first kappa shape index (κ1) is 13.5. The molecule has 0 aliphatic carbocycles. The number of benzene rings is 1. The van der Waals surface area contributed by atoms with Crippen molar-refractivity contribution in [2.24, 2.45) is 0 Å². The van der Waals surface area contributed by atoms with Gasteiger partial charge in [0.25, 0.3) is 0 Å². The van der Waals surface area contributed by atoms with Gasteiger partial charge in [0.2, 0.25) is 0 Å². The second-order valence-corrected chi connectivity index (χ2v) is 5.02. The third-order valence-electron chi connectivity index (χ3n) is 3.54. The molecule has 0 fully saturated rings. The predicted octanol–water partition coefficient (Wildman–Crippen LogP) is 1.84. The minimum Gasteiger partial charge on any atom is -0.508 e. The van der Waals surface area contributed by atoms with Crippen molar-refractivity contribution in [2.75, 3.05) is 13.7 Å². The van der Waals surface area contributed by atoms with Crippen molar-refractivity contribution in [3.8, 4) is 11.5 Å². The Kier molecular flexibility index (Phi) is 2.91. The summed E-state index contributed by atoms with van der Waals surface area (Å²) in [6.45, 7) is 1.14. The molecule has 0 saturated carbocycles. The Hall–Kier alpha value is -2.47. The molecule has 1 aromatic carbocycles. The van der Waals surface area contributed by atoms with E-state index in [-0.39, 0.29) is 5.76 Å². The number of rotatable bonds is 2. The van der Waals surface area contributed by atoms with Crippen LogP contribution in [0.4, 0.5) is 0 Å². The van der Waals surface area contributed by atoms with Gasteiger partial charge in [-0.3, -0.25) is 0 Å². The quantitative estimate of drug-likeness (QED) is 0.820. The largest absolute Gasteiger partial charge is 0.508 e. The van der Waals surface area contributed by atoms with Crippen molar-refractivity contribution >= 4 is 17.0 Å². The fourth-order valence-electron chi connectivity index (χ4n) is 2.26. The van der Waals surface area contributed by atoms with E-state index in [2.05, 4.69) is 0 Å². The average molecular weight is 290 g/mol. The molecule has 0 spiro atoms. The molecule has 6 nitrogen and oxygen atoms in total. The Morgan fingerprint density at radius 2 is 2.14 bits per heavy atom. The summed E-state index contributed by atoms with van der Waals surface area (Å²) in [5.74, 6) is 0.585. The monoisotopic (exact) mass is 290 g/mol. The van der Waals surface area contributed by atoms with Crippen LogP contribution in [0.1, 0.15) is 12.5 Å². The number of hydrogen-bond acceptors (Lipinski definition) is 6. The van der Waals surface area contributed by atoms with Gasteiger partial charge < -0.3 is 24.1 Å². The topological polar surface area (TPSA) is 89.1 Å². The molecule has 1 aromatic heterocycles. The molecule has 2 heterocycles. The lowest BCUT2D eigenvalue weighted by Crippen LogP contribution is -2.40. The van der Waals surface area contributed by atoms with Crippen LogP contribution in [0.15, 0.2) is 33.2 Å². The summed E-state index contributed by atoms with van der Waals surface area (Å²) >= 11 is 0. The van der Waals surface area contributed by atoms with Gasteiger partial charge in [-0.05, 0) is 25.1 Å². The van der Waals surface area contributed by atoms with Crippen molar-refractivity contribution < 1.29 is 24.1 Å². The minimum atomic E-state index is -1.26. The van der Waals surface area contributed by atoms with Crippen molar-refractivity contribution in [1.29, 1.82) is 0 Å². The lowest BCUT2D eigenvalue weighted by molar-refractivity contribution is 0.0187. The summed E-state index contributed by atoms with van der Waals surface area (Å²) in [7, 11) is 1.48. The number of aliphatic hydroxyl groups excluding tert-OH is 2. The van der Waals surface area contributed by atoms with E-state index < -0.39 is 17.8 Å². The molecule has 1 atom stereocenters. The summed E-state index contributed by atoms with van der Waals surface area (Å²) in [6.07, 6.45) is 1.42. The SMILES string of the molecule is COc1cc2ccc(=O)oc2c2c1O[C@](C)(CO)C(O)=C2. The van der Waals surface area contributed by atoms with Crippen LogP contribution in [0.2, 0.25) is 0 Å². The van der Waals surface area contributed by atoms with Crippen LogP contribution < -0.4 is 15.1 Å². The zero-order valence-electron chi connectivity index (χ0n) is 11.5. The van der Waals surface area contributed by atoms with E-state index in [1.54, 1.807) is 19.1 Å². The zero-order chi connectivity index (χ0) is 15.2. The fraction of sp³-hybridized carbons (Fsp3) is 0.267. The highest BCUT2D eigenvalue weighted by atomic mass is 16.5. The van der Waals surface area contributed by atoms with E-state index in [4.69, 9.17) is 13.9 Å². The molecule has 2 aromatic rings. The first-order valence-electron chi connectivity index (χ1n) is 6.34. The van der Waals surface area contributed by atoms with Crippen LogP contribution >= 0.6 is 0 Å².